The average molecular weight is 347 g/mol. The van der Waals surface area contributed by atoms with Gasteiger partial charge in [0.2, 0.25) is 17.8 Å². The minimum Gasteiger partial charge on any atom is -0.348 e. The molecule has 0 aliphatic heterocycles. The maximum absolute atomic E-state index is 11.8. The molecular weight excluding hydrogens is 318 g/mol. The average Bonchev–Trinajstić information content (AvgIpc) is 2.59. The number of rotatable bonds is 6. The van der Waals surface area contributed by atoms with Gasteiger partial charge in [-0.1, -0.05) is 19.3 Å². The van der Waals surface area contributed by atoms with Crippen molar-refractivity contribution in [2.75, 3.05) is 18.5 Å². The summed E-state index contributed by atoms with van der Waals surface area (Å²) >= 11 is 0. The van der Waals surface area contributed by atoms with Gasteiger partial charge in [-0.3, -0.25) is 9.59 Å². The fourth-order valence-electron chi connectivity index (χ4n) is 3.27. The van der Waals surface area contributed by atoms with Crippen molar-refractivity contribution in [3.05, 3.63) is 17.5 Å². The van der Waals surface area contributed by atoms with E-state index in [0.717, 1.165) is 17.2 Å². The molecule has 1 aromatic rings. The summed E-state index contributed by atoms with van der Waals surface area (Å²) in [7, 11) is 2.06. The summed E-state index contributed by atoms with van der Waals surface area (Å²) in [5.41, 5.74) is 1.75. The van der Waals surface area contributed by atoms with Crippen LogP contribution in [0.2, 0.25) is 0 Å². The molecule has 138 valence electrons. The molecular formula is C18H29N5O2. The van der Waals surface area contributed by atoms with Crippen molar-refractivity contribution in [1.82, 2.24) is 20.6 Å². The fourth-order valence-corrected chi connectivity index (χ4v) is 3.27. The van der Waals surface area contributed by atoms with Crippen LogP contribution in [0.3, 0.4) is 0 Å². The van der Waals surface area contributed by atoms with E-state index in [4.69, 9.17) is 0 Å². The van der Waals surface area contributed by atoms with E-state index < -0.39 is 0 Å². The van der Waals surface area contributed by atoms with Crippen molar-refractivity contribution in [2.24, 2.45) is 0 Å². The van der Waals surface area contributed by atoms with Crippen molar-refractivity contribution in [3.63, 3.8) is 0 Å². The van der Waals surface area contributed by atoms with Gasteiger partial charge in [0, 0.05) is 37.5 Å². The van der Waals surface area contributed by atoms with Gasteiger partial charge < -0.3 is 15.5 Å². The lowest BCUT2D eigenvalue weighted by Gasteiger charge is -2.31. The first-order valence-electron chi connectivity index (χ1n) is 8.98. The molecule has 0 radical (unpaired) electrons. The number of nitrogens with zero attached hydrogens (tertiary/aromatic N) is 3. The lowest BCUT2D eigenvalue weighted by molar-refractivity contribution is -0.125. The monoisotopic (exact) mass is 347 g/mol. The minimum atomic E-state index is -0.231. The molecule has 1 heterocycles. The molecule has 1 fully saturated rings. The van der Waals surface area contributed by atoms with Crippen LogP contribution in [-0.2, 0) is 9.59 Å². The van der Waals surface area contributed by atoms with Gasteiger partial charge in [0.25, 0.3) is 0 Å². The first-order chi connectivity index (χ1) is 11.9. The second-order valence-corrected chi connectivity index (χ2v) is 6.81. The van der Waals surface area contributed by atoms with Crippen molar-refractivity contribution >= 4 is 17.8 Å². The molecule has 7 nitrogen and oxygen atoms in total. The predicted molar refractivity (Wildman–Crippen MR) is 97.3 cm³/mol. The fraction of sp³-hybridized carbons (Fsp3) is 0.667. The summed E-state index contributed by atoms with van der Waals surface area (Å²) in [5.74, 6) is 0.285. The predicted octanol–water partition coefficient (Wildman–Crippen LogP) is 1.87. The number of hydrogen-bond donors (Lipinski definition) is 2. The molecule has 0 bridgehead atoms. The molecule has 1 atom stereocenters. The lowest BCUT2D eigenvalue weighted by Crippen LogP contribution is -2.37. The summed E-state index contributed by atoms with van der Waals surface area (Å²) < 4.78 is 0. The third kappa shape index (κ3) is 5.41. The van der Waals surface area contributed by atoms with E-state index in [1.165, 1.54) is 39.0 Å². The highest BCUT2D eigenvalue weighted by atomic mass is 16.2. The van der Waals surface area contributed by atoms with Gasteiger partial charge in [-0.2, -0.15) is 0 Å². The number of aryl methyl sites for hydroxylation is 1. The molecule has 1 aliphatic rings. The van der Waals surface area contributed by atoms with Crippen LogP contribution in [0.25, 0.3) is 0 Å². The summed E-state index contributed by atoms with van der Waals surface area (Å²) in [5, 5.41) is 5.35. The van der Waals surface area contributed by atoms with Crippen LogP contribution in [0, 0.1) is 6.92 Å². The highest BCUT2D eigenvalue weighted by Gasteiger charge is 2.21. The molecule has 0 aromatic carbocycles. The highest BCUT2D eigenvalue weighted by molar-refractivity contribution is 5.83. The van der Waals surface area contributed by atoms with Crippen LogP contribution in [0.4, 0.5) is 5.95 Å². The Morgan fingerprint density at radius 1 is 1.32 bits per heavy atom. The summed E-state index contributed by atoms with van der Waals surface area (Å²) in [6.45, 7) is 5.19. The van der Waals surface area contributed by atoms with Crippen molar-refractivity contribution in [1.29, 1.82) is 0 Å². The molecule has 1 aliphatic carbocycles. The zero-order chi connectivity index (χ0) is 18.4. The van der Waals surface area contributed by atoms with Crippen LogP contribution in [0.15, 0.2) is 6.20 Å². The summed E-state index contributed by atoms with van der Waals surface area (Å²) in [6, 6.07) is 0.295. The van der Waals surface area contributed by atoms with Crippen LogP contribution in [0.1, 0.15) is 63.3 Å². The molecule has 0 spiro atoms. The molecule has 0 saturated heterocycles. The third-order valence-electron chi connectivity index (χ3n) is 4.78. The smallest absolute Gasteiger partial charge is 0.239 e. The van der Waals surface area contributed by atoms with E-state index in [0.29, 0.717) is 6.04 Å². The van der Waals surface area contributed by atoms with Gasteiger partial charge in [-0.15, -0.1) is 0 Å². The number of carbonyl (C=O) groups is 2. The molecule has 1 unspecified atom stereocenters. The number of hydrogen-bond acceptors (Lipinski definition) is 5. The Labute approximate surface area is 149 Å². The lowest BCUT2D eigenvalue weighted by atomic mass is 9.95. The van der Waals surface area contributed by atoms with E-state index in [1.807, 2.05) is 13.8 Å². The second-order valence-electron chi connectivity index (χ2n) is 6.81. The van der Waals surface area contributed by atoms with Crippen molar-refractivity contribution in [2.45, 2.75) is 65.0 Å². The van der Waals surface area contributed by atoms with Gasteiger partial charge >= 0.3 is 0 Å². The van der Waals surface area contributed by atoms with Crippen molar-refractivity contribution < 1.29 is 9.59 Å². The number of aromatic nitrogens is 2. The second kappa shape index (κ2) is 8.78. The topological polar surface area (TPSA) is 87.2 Å². The first kappa shape index (κ1) is 19.1. The van der Waals surface area contributed by atoms with Gasteiger partial charge in [0.15, 0.2) is 0 Å². The molecule has 2 N–H and O–H groups in total. The largest absolute Gasteiger partial charge is 0.348 e. The third-order valence-corrected chi connectivity index (χ3v) is 4.78. The standard InChI is InChI=1S/C18H29N5O2/c1-12(21-17(25)11-19-14(3)24)16-10-20-18(22-13(16)2)23(4)15-8-6-5-7-9-15/h10,12,15H,5-9,11H2,1-4H3,(H,19,24)(H,21,25). The molecule has 25 heavy (non-hydrogen) atoms. The molecule has 1 aromatic heterocycles. The van der Waals surface area contributed by atoms with Gasteiger partial charge in [-0.05, 0) is 26.7 Å². The summed E-state index contributed by atoms with van der Waals surface area (Å²) in [4.78, 5) is 34.1. The van der Waals surface area contributed by atoms with Crippen LogP contribution in [0.5, 0.6) is 0 Å². The van der Waals surface area contributed by atoms with Gasteiger partial charge in [0.05, 0.1) is 12.6 Å². The maximum Gasteiger partial charge on any atom is 0.239 e. The Morgan fingerprint density at radius 3 is 2.60 bits per heavy atom. The van der Waals surface area contributed by atoms with E-state index in [2.05, 4.69) is 32.5 Å². The number of nitrogens with one attached hydrogen (secondary N) is 2. The Bertz CT molecular complexity index is 613. The highest BCUT2D eigenvalue weighted by Crippen LogP contribution is 2.25. The number of carbonyl (C=O) groups excluding carboxylic acids is 2. The Balaban J connectivity index is 2.00. The van der Waals surface area contributed by atoms with Gasteiger partial charge in [0.1, 0.15) is 0 Å². The van der Waals surface area contributed by atoms with E-state index >= 15 is 0 Å². The maximum atomic E-state index is 11.8. The normalized spacial score (nSPS) is 16.2. The Morgan fingerprint density at radius 2 is 2.00 bits per heavy atom. The Kier molecular flexibility index (Phi) is 6.73. The SMILES string of the molecule is CC(=O)NCC(=O)NC(C)c1cnc(N(C)C2CCCCC2)nc1C. The summed E-state index contributed by atoms with van der Waals surface area (Å²) in [6.07, 6.45) is 8.03. The number of amides is 2. The zero-order valence-electron chi connectivity index (χ0n) is 15.6. The van der Waals surface area contributed by atoms with Crippen LogP contribution >= 0.6 is 0 Å². The van der Waals surface area contributed by atoms with Crippen LogP contribution in [-0.4, -0.2) is 41.4 Å². The number of anilines is 1. The minimum absolute atomic E-state index is 0.0257. The van der Waals surface area contributed by atoms with Crippen LogP contribution < -0.4 is 15.5 Å². The molecule has 2 amide bonds. The van der Waals surface area contributed by atoms with E-state index in [9.17, 15) is 9.59 Å². The van der Waals surface area contributed by atoms with E-state index in [-0.39, 0.29) is 24.4 Å². The zero-order valence-corrected chi connectivity index (χ0v) is 15.6. The van der Waals surface area contributed by atoms with E-state index in [1.54, 1.807) is 6.20 Å². The Hall–Kier alpha value is -2.18. The quantitative estimate of drug-likeness (QED) is 0.820. The van der Waals surface area contributed by atoms with Crippen molar-refractivity contribution in [3.8, 4) is 0 Å². The molecule has 2 rings (SSSR count). The molecule has 7 heteroatoms. The van der Waals surface area contributed by atoms with Gasteiger partial charge in [-0.25, -0.2) is 9.97 Å². The first-order valence-corrected chi connectivity index (χ1v) is 8.98. The molecule has 1 saturated carbocycles.